The van der Waals surface area contributed by atoms with Crippen molar-refractivity contribution in [2.45, 2.75) is 0 Å². The highest BCUT2D eigenvalue weighted by Crippen LogP contribution is 2.26. The van der Waals surface area contributed by atoms with Crippen LogP contribution in [0, 0.1) is 0 Å². The molecule has 0 aliphatic heterocycles. The molecule has 576 valence electrons. The minimum atomic E-state index is -1.02. The molecular weight excluding hydrogens is 1430 g/mol. The van der Waals surface area contributed by atoms with Gasteiger partial charge in [0.15, 0.2) is 12.6 Å². The molecule has 0 unspecified atom stereocenters. The first kappa shape index (κ1) is 91.2. The van der Waals surface area contributed by atoms with Gasteiger partial charge in [-0.25, -0.2) is 0 Å². The van der Waals surface area contributed by atoms with Crippen molar-refractivity contribution in [2.24, 2.45) is 0 Å². The molecule has 16 aromatic rings. The monoisotopic (exact) mass is 1520 g/mol. The van der Waals surface area contributed by atoms with E-state index < -0.39 is 5.78 Å². The molecule has 0 saturated heterocycles. The molecule has 0 radical (unpaired) electrons. The van der Waals surface area contributed by atoms with Gasteiger partial charge in [-0.1, -0.05) is 291 Å². The smallest absolute Gasteiger partial charge is 0.257 e. The van der Waals surface area contributed by atoms with Crippen LogP contribution >= 0.6 is 0 Å². The highest BCUT2D eigenvalue weighted by molar-refractivity contribution is 6.50. The van der Waals surface area contributed by atoms with Crippen LogP contribution in [0.15, 0.2) is 485 Å². The Kier molecular flexibility index (Phi) is 46.3. The van der Waals surface area contributed by atoms with Crippen LogP contribution in [0.4, 0.5) is 0 Å². The molecule has 0 heterocycles. The quantitative estimate of drug-likeness (QED) is 0.0443. The first-order chi connectivity index (χ1) is 54.4. The second-order valence-corrected chi connectivity index (χ2v) is 22.5. The largest absolute Gasteiger partial charge is 0.457 e. The number of aldehydes is 2. The minimum absolute atomic E-state index is 0. The highest BCUT2D eigenvalue weighted by atomic mass is 16.5. The molecule has 16 rings (SSSR count). The van der Waals surface area contributed by atoms with Crippen LogP contribution in [-0.2, 0) is 14.4 Å². The highest BCUT2D eigenvalue weighted by Gasteiger charge is 2.00. The molecule has 16 aromatic carbocycles. The number of hydrogen-bond donors (Lipinski definition) is 0. The van der Waals surface area contributed by atoms with Crippen LogP contribution in [-0.4, -0.2) is 40.3 Å². The number of para-hydroxylation sites is 16. The average molecular weight is 1520 g/mol. The number of Topliss-reactive ketones (excluding diaryl/α,β-unsaturated/α-hetero) is 1. The van der Waals surface area contributed by atoms with Crippen LogP contribution in [0.1, 0.15) is 0 Å². The first-order valence-corrected chi connectivity index (χ1v) is 35.1. The first-order valence-electron chi connectivity index (χ1n) is 35.1. The fourth-order valence-corrected chi connectivity index (χ4v) is 8.93. The van der Waals surface area contributed by atoms with Gasteiger partial charge < -0.3 is 59.8 Å². The standard InChI is InChI=1S/8C12H10O.C3H2O3.4H2O/c8*1-3-7-11(8-4-1)13-12-9-5-2-6-10-12;4-1-3(6)2-5;;;;/h8*1-10H;1-2H;4*1H2. The lowest BCUT2D eigenvalue weighted by molar-refractivity contribution is -0.135. The van der Waals surface area contributed by atoms with Crippen LogP contribution in [0.3, 0.4) is 0 Å². The fraction of sp³-hybridized carbons (Fsp3) is 0. The molecule has 0 fully saturated rings. The van der Waals surface area contributed by atoms with Gasteiger partial charge in [0.25, 0.3) is 5.78 Å². The average Bonchev–Trinajstić information content (AvgIpc) is 0.959. The van der Waals surface area contributed by atoms with Crippen LogP contribution in [0.5, 0.6) is 92.0 Å². The molecule has 0 atom stereocenters. The molecule has 114 heavy (non-hydrogen) atoms. The van der Waals surface area contributed by atoms with Crippen molar-refractivity contribution in [3.8, 4) is 92.0 Å². The van der Waals surface area contributed by atoms with Crippen molar-refractivity contribution < 1.29 is 74.2 Å². The van der Waals surface area contributed by atoms with E-state index >= 15 is 0 Å². The molecule has 0 aliphatic rings. The Labute approximate surface area is 666 Å². The number of carbonyl (C=O) groups excluding carboxylic acids is 3. The lowest BCUT2D eigenvalue weighted by Gasteiger charge is -2.03. The molecule has 0 bridgehead atoms. The van der Waals surface area contributed by atoms with Gasteiger partial charge in [-0.2, -0.15) is 0 Å². The third-order valence-corrected chi connectivity index (χ3v) is 14.0. The van der Waals surface area contributed by atoms with E-state index in [1.54, 1.807) is 0 Å². The topological polar surface area (TPSA) is 251 Å². The molecule has 0 amide bonds. The number of carbonyl (C=O) groups is 3. The predicted octanol–water partition coefficient (Wildman–Crippen LogP) is 23.5. The van der Waals surface area contributed by atoms with E-state index in [1.165, 1.54) is 0 Å². The Morgan fingerprint density at radius 2 is 0.193 bits per heavy atom. The van der Waals surface area contributed by atoms with Gasteiger partial charge in [0.05, 0.1) is 0 Å². The second kappa shape index (κ2) is 57.9. The molecule has 15 heteroatoms. The molecular formula is C99H90O15. The van der Waals surface area contributed by atoms with Crippen molar-refractivity contribution in [1.82, 2.24) is 0 Å². The summed E-state index contributed by atoms with van der Waals surface area (Å²) in [6.45, 7) is 0. The zero-order valence-electron chi connectivity index (χ0n) is 62.3. The maximum atomic E-state index is 9.44. The fourth-order valence-electron chi connectivity index (χ4n) is 8.93. The van der Waals surface area contributed by atoms with Crippen molar-refractivity contribution in [3.63, 3.8) is 0 Å². The van der Waals surface area contributed by atoms with Gasteiger partial charge in [-0.05, 0) is 194 Å². The van der Waals surface area contributed by atoms with Crippen molar-refractivity contribution in [1.29, 1.82) is 0 Å². The number of rotatable bonds is 18. The van der Waals surface area contributed by atoms with E-state index in [1.807, 2.05) is 485 Å². The van der Waals surface area contributed by atoms with E-state index in [0.29, 0.717) is 0 Å². The van der Waals surface area contributed by atoms with Gasteiger partial charge in [0, 0.05) is 0 Å². The van der Waals surface area contributed by atoms with Crippen molar-refractivity contribution in [3.05, 3.63) is 485 Å². The third kappa shape index (κ3) is 40.1. The number of ether oxygens (including phenoxy) is 8. The van der Waals surface area contributed by atoms with Gasteiger partial charge in [-0.3, -0.25) is 14.4 Å². The van der Waals surface area contributed by atoms with Crippen molar-refractivity contribution in [2.75, 3.05) is 0 Å². The van der Waals surface area contributed by atoms with E-state index in [0.717, 1.165) is 92.0 Å². The van der Waals surface area contributed by atoms with E-state index in [-0.39, 0.29) is 34.5 Å². The zero-order chi connectivity index (χ0) is 76.5. The molecule has 8 N–H and O–H groups in total. The SMILES string of the molecule is O.O.O.O.O=CC(=O)C=O.c1ccc(Oc2ccccc2)cc1.c1ccc(Oc2ccccc2)cc1.c1ccc(Oc2ccccc2)cc1.c1ccc(Oc2ccccc2)cc1.c1ccc(Oc2ccccc2)cc1.c1ccc(Oc2ccccc2)cc1.c1ccc(Oc2ccccc2)cc1.c1ccc(Oc2ccccc2)cc1. The zero-order valence-corrected chi connectivity index (χ0v) is 62.3. The summed E-state index contributed by atoms with van der Waals surface area (Å²) >= 11 is 0. The Morgan fingerprint density at radius 1 is 0.132 bits per heavy atom. The summed E-state index contributed by atoms with van der Waals surface area (Å²) in [5.41, 5.74) is 0. The third-order valence-electron chi connectivity index (χ3n) is 14.0. The maximum Gasteiger partial charge on any atom is 0.257 e. The molecule has 0 spiro atoms. The number of hydrogen-bond acceptors (Lipinski definition) is 11. The van der Waals surface area contributed by atoms with E-state index in [2.05, 4.69) is 0 Å². The second-order valence-electron chi connectivity index (χ2n) is 22.5. The Balaban J connectivity index is 0.000000270. The summed E-state index contributed by atoms with van der Waals surface area (Å²) in [4.78, 5) is 27.8. The summed E-state index contributed by atoms with van der Waals surface area (Å²) in [6.07, 6.45) is -0.0694. The van der Waals surface area contributed by atoms with Crippen LogP contribution < -0.4 is 37.9 Å². The van der Waals surface area contributed by atoms with Crippen LogP contribution in [0.2, 0.25) is 0 Å². The summed E-state index contributed by atoms with van der Waals surface area (Å²) in [5, 5.41) is 0. The summed E-state index contributed by atoms with van der Waals surface area (Å²) in [5.74, 6) is 12.9. The molecule has 0 aromatic heterocycles. The number of benzene rings is 16. The predicted molar refractivity (Wildman–Crippen MR) is 455 cm³/mol. The van der Waals surface area contributed by atoms with E-state index in [9.17, 15) is 4.79 Å². The Bertz CT molecular complexity index is 3690. The Hall–Kier alpha value is -15.2. The molecule has 0 aliphatic carbocycles. The summed E-state index contributed by atoms with van der Waals surface area (Å²) in [6, 6.07) is 156. The number of ketones is 1. The normalized spacial score (nSPS) is 9.05. The van der Waals surface area contributed by atoms with Gasteiger partial charge in [0.2, 0.25) is 0 Å². The summed E-state index contributed by atoms with van der Waals surface area (Å²) in [7, 11) is 0. The maximum absolute atomic E-state index is 9.44. The Morgan fingerprint density at radius 3 is 0.237 bits per heavy atom. The minimum Gasteiger partial charge on any atom is -0.457 e. The van der Waals surface area contributed by atoms with Gasteiger partial charge in [-0.15, -0.1) is 0 Å². The lowest BCUT2D eigenvalue weighted by Crippen LogP contribution is -1.97. The van der Waals surface area contributed by atoms with Crippen LogP contribution in [0.25, 0.3) is 0 Å². The van der Waals surface area contributed by atoms with Crippen molar-refractivity contribution >= 4 is 18.4 Å². The molecule has 15 nitrogen and oxygen atoms in total. The van der Waals surface area contributed by atoms with Gasteiger partial charge in [0.1, 0.15) is 92.0 Å². The van der Waals surface area contributed by atoms with E-state index in [4.69, 9.17) is 47.5 Å². The summed E-state index contributed by atoms with van der Waals surface area (Å²) < 4.78 is 44.6. The lowest BCUT2D eigenvalue weighted by atomic mass is 10.3. The van der Waals surface area contributed by atoms with Gasteiger partial charge >= 0.3 is 0 Å². The molecule has 0 saturated carbocycles.